The van der Waals surface area contributed by atoms with E-state index in [-0.39, 0.29) is 11.5 Å². The summed E-state index contributed by atoms with van der Waals surface area (Å²) < 4.78 is 0. The van der Waals surface area contributed by atoms with E-state index in [9.17, 15) is 5.11 Å². The number of nitrogens with zero attached hydrogens (tertiary/aromatic N) is 1. The first-order chi connectivity index (χ1) is 7.86. The molecular formula is C15H25NO. The van der Waals surface area contributed by atoms with Gasteiger partial charge in [0.15, 0.2) is 0 Å². The summed E-state index contributed by atoms with van der Waals surface area (Å²) in [6, 6.07) is 8.64. The van der Waals surface area contributed by atoms with Crippen LogP contribution < -0.4 is 4.90 Å². The van der Waals surface area contributed by atoms with E-state index in [0.29, 0.717) is 0 Å². The summed E-state index contributed by atoms with van der Waals surface area (Å²) in [6.07, 6.45) is 0.767. The Morgan fingerprint density at radius 1 is 1.24 bits per heavy atom. The molecule has 0 radical (unpaired) electrons. The fourth-order valence-corrected chi connectivity index (χ4v) is 1.82. The molecule has 2 nitrogen and oxygen atoms in total. The molecule has 1 aromatic rings. The number of hydrogen-bond donors (Lipinski definition) is 1. The molecule has 0 saturated heterocycles. The molecule has 2 heteroatoms. The summed E-state index contributed by atoms with van der Waals surface area (Å²) in [5.74, 6) is 0. The van der Waals surface area contributed by atoms with E-state index in [1.165, 1.54) is 11.3 Å². The second kappa shape index (κ2) is 5.54. The Hall–Kier alpha value is -1.02. The average Bonchev–Trinajstić information content (AvgIpc) is 2.28. The highest BCUT2D eigenvalue weighted by Gasteiger charge is 2.25. The Bertz CT molecular complexity index is 340. The molecule has 1 aromatic carbocycles. The number of aryl methyl sites for hydroxylation is 1. The summed E-state index contributed by atoms with van der Waals surface area (Å²) >= 11 is 0. The third kappa shape index (κ3) is 3.74. The molecule has 0 aromatic heterocycles. The van der Waals surface area contributed by atoms with Crippen LogP contribution in [0.2, 0.25) is 0 Å². The number of hydrogen-bond acceptors (Lipinski definition) is 2. The van der Waals surface area contributed by atoms with Crippen molar-refractivity contribution < 1.29 is 5.11 Å². The van der Waals surface area contributed by atoms with Crippen molar-refractivity contribution in [2.24, 2.45) is 5.41 Å². The van der Waals surface area contributed by atoms with Crippen molar-refractivity contribution in [2.75, 3.05) is 18.5 Å². The zero-order valence-electron chi connectivity index (χ0n) is 11.7. The lowest BCUT2D eigenvalue weighted by atomic mass is 9.87. The van der Waals surface area contributed by atoms with E-state index in [2.05, 4.69) is 57.0 Å². The van der Waals surface area contributed by atoms with Gasteiger partial charge in [0.05, 0.1) is 6.10 Å². The van der Waals surface area contributed by atoms with Gasteiger partial charge in [0.1, 0.15) is 0 Å². The van der Waals surface area contributed by atoms with Crippen molar-refractivity contribution in [3.05, 3.63) is 29.8 Å². The van der Waals surface area contributed by atoms with Gasteiger partial charge in [-0.1, -0.05) is 32.9 Å². The Kier molecular flexibility index (Phi) is 4.58. The molecule has 0 aliphatic rings. The number of aliphatic hydroxyl groups excluding tert-OH is 1. The largest absolute Gasteiger partial charge is 0.393 e. The molecule has 96 valence electrons. The van der Waals surface area contributed by atoms with Crippen molar-refractivity contribution in [1.82, 2.24) is 0 Å². The molecule has 0 aliphatic heterocycles. The second-order valence-corrected chi connectivity index (χ2v) is 5.54. The van der Waals surface area contributed by atoms with Gasteiger partial charge in [0, 0.05) is 24.7 Å². The van der Waals surface area contributed by atoms with Crippen LogP contribution in [0, 0.1) is 5.41 Å². The summed E-state index contributed by atoms with van der Waals surface area (Å²) in [5.41, 5.74) is 2.46. The van der Waals surface area contributed by atoms with Gasteiger partial charge in [0.2, 0.25) is 0 Å². The van der Waals surface area contributed by atoms with E-state index in [4.69, 9.17) is 0 Å². The lowest BCUT2D eigenvalue weighted by molar-refractivity contribution is 0.0718. The summed E-state index contributed by atoms with van der Waals surface area (Å²) in [4.78, 5) is 2.20. The predicted octanol–water partition coefficient (Wildman–Crippen LogP) is 3.09. The summed E-state index contributed by atoms with van der Waals surface area (Å²) in [5, 5.41) is 9.73. The normalized spacial score (nSPS) is 13.5. The number of anilines is 1. The van der Waals surface area contributed by atoms with Crippen LogP contribution in [0.5, 0.6) is 0 Å². The quantitative estimate of drug-likeness (QED) is 0.847. The van der Waals surface area contributed by atoms with Crippen LogP contribution in [0.4, 0.5) is 5.69 Å². The predicted molar refractivity (Wildman–Crippen MR) is 74.6 cm³/mol. The molecule has 0 aliphatic carbocycles. The van der Waals surface area contributed by atoms with Gasteiger partial charge in [-0.05, 0) is 31.0 Å². The van der Waals surface area contributed by atoms with Crippen molar-refractivity contribution in [2.45, 2.75) is 40.2 Å². The highest BCUT2D eigenvalue weighted by Crippen LogP contribution is 2.24. The lowest BCUT2D eigenvalue weighted by Gasteiger charge is -2.34. The maximum atomic E-state index is 9.73. The molecule has 0 spiro atoms. The van der Waals surface area contributed by atoms with Gasteiger partial charge in [-0.3, -0.25) is 0 Å². The van der Waals surface area contributed by atoms with Gasteiger partial charge in [-0.25, -0.2) is 0 Å². The molecule has 1 N–H and O–H groups in total. The van der Waals surface area contributed by atoms with Crippen LogP contribution in [0.1, 0.15) is 33.3 Å². The lowest BCUT2D eigenvalue weighted by Crippen LogP contribution is -2.38. The molecule has 1 atom stereocenters. The highest BCUT2D eigenvalue weighted by atomic mass is 16.3. The van der Waals surface area contributed by atoms with Gasteiger partial charge in [-0.2, -0.15) is 0 Å². The van der Waals surface area contributed by atoms with Crippen molar-refractivity contribution >= 4 is 5.69 Å². The summed E-state index contributed by atoms with van der Waals surface area (Å²) in [6.45, 7) is 9.04. The van der Waals surface area contributed by atoms with Crippen molar-refractivity contribution in [3.63, 3.8) is 0 Å². The number of benzene rings is 1. The van der Waals surface area contributed by atoms with Gasteiger partial charge < -0.3 is 10.0 Å². The Balaban J connectivity index is 2.72. The van der Waals surface area contributed by atoms with Crippen LogP contribution in [0.25, 0.3) is 0 Å². The van der Waals surface area contributed by atoms with Crippen LogP contribution >= 0.6 is 0 Å². The summed E-state index contributed by atoms with van der Waals surface area (Å²) in [7, 11) is 2.07. The first-order valence-corrected chi connectivity index (χ1v) is 6.35. The molecule has 1 rings (SSSR count). The standard InChI is InChI=1S/C15H25NO/c1-6-13-7-9-14(10-8-13)16(5)11-15(3,4)12(2)17/h7-10,12,17H,6,11H2,1-5H3. The van der Waals surface area contributed by atoms with Crippen molar-refractivity contribution in [3.8, 4) is 0 Å². The first-order valence-electron chi connectivity index (χ1n) is 6.35. The topological polar surface area (TPSA) is 23.5 Å². The maximum absolute atomic E-state index is 9.73. The number of aliphatic hydroxyl groups is 1. The second-order valence-electron chi connectivity index (χ2n) is 5.54. The molecule has 17 heavy (non-hydrogen) atoms. The Morgan fingerprint density at radius 3 is 2.18 bits per heavy atom. The van der Waals surface area contributed by atoms with E-state index in [1.54, 1.807) is 0 Å². The van der Waals surface area contributed by atoms with Crippen LogP contribution in [0.3, 0.4) is 0 Å². The monoisotopic (exact) mass is 235 g/mol. The first kappa shape index (κ1) is 14.0. The zero-order valence-corrected chi connectivity index (χ0v) is 11.7. The molecule has 0 amide bonds. The smallest absolute Gasteiger partial charge is 0.0579 e. The SMILES string of the molecule is CCc1ccc(N(C)CC(C)(C)C(C)O)cc1. The van der Waals surface area contributed by atoms with Gasteiger partial charge >= 0.3 is 0 Å². The van der Waals surface area contributed by atoms with E-state index >= 15 is 0 Å². The third-order valence-electron chi connectivity index (χ3n) is 3.56. The minimum Gasteiger partial charge on any atom is -0.393 e. The fourth-order valence-electron chi connectivity index (χ4n) is 1.82. The van der Waals surface area contributed by atoms with Gasteiger partial charge in [0.25, 0.3) is 0 Å². The molecule has 0 heterocycles. The average molecular weight is 235 g/mol. The van der Waals surface area contributed by atoms with Gasteiger partial charge in [-0.15, -0.1) is 0 Å². The minimum absolute atomic E-state index is 0.0990. The van der Waals surface area contributed by atoms with E-state index in [0.717, 1.165) is 13.0 Å². The molecule has 0 fully saturated rings. The van der Waals surface area contributed by atoms with Crippen LogP contribution in [0.15, 0.2) is 24.3 Å². The highest BCUT2D eigenvalue weighted by molar-refractivity contribution is 5.47. The maximum Gasteiger partial charge on any atom is 0.0579 e. The fraction of sp³-hybridized carbons (Fsp3) is 0.600. The third-order valence-corrected chi connectivity index (χ3v) is 3.56. The molecular weight excluding hydrogens is 210 g/mol. The van der Waals surface area contributed by atoms with E-state index in [1.807, 2.05) is 6.92 Å². The Morgan fingerprint density at radius 2 is 1.76 bits per heavy atom. The number of rotatable bonds is 5. The molecule has 1 unspecified atom stereocenters. The Labute approximate surface area is 105 Å². The molecule has 0 bridgehead atoms. The zero-order chi connectivity index (χ0) is 13.1. The van der Waals surface area contributed by atoms with Crippen LogP contribution in [-0.4, -0.2) is 24.8 Å². The van der Waals surface area contributed by atoms with Crippen LogP contribution in [-0.2, 0) is 6.42 Å². The van der Waals surface area contributed by atoms with E-state index < -0.39 is 0 Å². The van der Waals surface area contributed by atoms with Crippen molar-refractivity contribution in [1.29, 1.82) is 0 Å². The minimum atomic E-state index is -0.306. The molecule has 0 saturated carbocycles.